The van der Waals surface area contributed by atoms with Crippen LogP contribution < -0.4 is 15.4 Å². The van der Waals surface area contributed by atoms with E-state index in [-0.39, 0.29) is 12.2 Å². The summed E-state index contributed by atoms with van der Waals surface area (Å²) in [4.78, 5) is 15.0. The second kappa shape index (κ2) is 11.2. The molecule has 0 radical (unpaired) electrons. The molecule has 2 aromatic carbocycles. The Labute approximate surface area is 196 Å². The highest BCUT2D eigenvalue weighted by molar-refractivity contribution is 5.93. The summed E-state index contributed by atoms with van der Waals surface area (Å²) in [7, 11) is 5.33. The third-order valence-corrected chi connectivity index (χ3v) is 5.22. The van der Waals surface area contributed by atoms with E-state index in [1.54, 1.807) is 42.5 Å². The van der Waals surface area contributed by atoms with Gasteiger partial charge in [0.25, 0.3) is 5.91 Å². The van der Waals surface area contributed by atoms with E-state index in [0.717, 1.165) is 29.4 Å². The molecule has 0 fully saturated rings. The van der Waals surface area contributed by atoms with E-state index in [4.69, 9.17) is 4.74 Å². The first kappa shape index (κ1) is 25.3. The van der Waals surface area contributed by atoms with Gasteiger partial charge in [0.2, 0.25) is 0 Å². The predicted molar refractivity (Wildman–Crippen MR) is 123 cm³/mol. The van der Waals surface area contributed by atoms with E-state index in [1.807, 2.05) is 20.2 Å². The molecule has 10 heteroatoms. The summed E-state index contributed by atoms with van der Waals surface area (Å²) in [5.74, 6) is -0.104. The number of carbonyl (C=O) groups is 1. The highest BCUT2D eigenvalue weighted by Gasteiger charge is 2.36. The molecule has 0 aliphatic heterocycles. The zero-order valence-electron chi connectivity index (χ0n) is 19.3. The Morgan fingerprint density at radius 1 is 1.15 bits per heavy atom. The zero-order chi connectivity index (χ0) is 24.7. The number of carbonyl (C=O) groups excluding carboxylic acids is 1. The number of rotatable bonds is 10. The summed E-state index contributed by atoms with van der Waals surface area (Å²) in [5, 5.41) is 9.46. The number of benzene rings is 2. The first-order chi connectivity index (χ1) is 16.2. The number of para-hydroxylation sites is 1. The van der Waals surface area contributed by atoms with Gasteiger partial charge >= 0.3 is 6.18 Å². The normalized spacial score (nSPS) is 11.6. The van der Waals surface area contributed by atoms with Crippen molar-refractivity contribution in [2.45, 2.75) is 19.3 Å². The summed E-state index contributed by atoms with van der Waals surface area (Å²) in [6, 6.07) is 14.8. The lowest BCUT2D eigenvalue weighted by Crippen LogP contribution is -2.27. The molecule has 0 atom stereocenters. The average molecular weight is 476 g/mol. The molecule has 0 spiro atoms. The van der Waals surface area contributed by atoms with Crippen molar-refractivity contribution in [2.75, 3.05) is 34.3 Å². The molecule has 0 bridgehead atoms. The fraction of sp³-hybridized carbons (Fsp3) is 0.333. The Morgan fingerprint density at radius 2 is 1.91 bits per heavy atom. The summed E-state index contributed by atoms with van der Waals surface area (Å²) >= 11 is 0. The SMILES string of the molecule is CNCCN(C)Cc1cccc(-n2nc(C(F)(F)F)cc2C(=O)NCc2ccccc2OC)c1. The first-order valence-electron chi connectivity index (χ1n) is 10.7. The smallest absolute Gasteiger partial charge is 0.435 e. The van der Waals surface area contributed by atoms with Crippen molar-refractivity contribution in [3.05, 3.63) is 77.1 Å². The van der Waals surface area contributed by atoms with Gasteiger partial charge in [0.15, 0.2) is 5.69 Å². The number of alkyl halides is 3. The number of methoxy groups -OCH3 is 1. The van der Waals surface area contributed by atoms with Crippen molar-refractivity contribution in [3.8, 4) is 11.4 Å². The summed E-state index contributed by atoms with van der Waals surface area (Å²) in [5.41, 5.74) is 0.624. The molecular formula is C24H28F3N5O2. The number of halogens is 3. The molecule has 0 aliphatic carbocycles. The van der Waals surface area contributed by atoms with E-state index >= 15 is 0 Å². The number of hydrogen-bond acceptors (Lipinski definition) is 5. The fourth-order valence-electron chi connectivity index (χ4n) is 3.47. The van der Waals surface area contributed by atoms with Crippen LogP contribution in [0.15, 0.2) is 54.6 Å². The number of hydrogen-bond donors (Lipinski definition) is 2. The van der Waals surface area contributed by atoms with E-state index in [2.05, 4.69) is 20.6 Å². The average Bonchev–Trinajstić information content (AvgIpc) is 3.28. The van der Waals surface area contributed by atoms with Gasteiger partial charge in [0, 0.05) is 37.8 Å². The molecule has 3 rings (SSSR count). The quantitative estimate of drug-likeness (QED) is 0.470. The van der Waals surface area contributed by atoms with Crippen LogP contribution in [0.25, 0.3) is 5.69 Å². The molecule has 34 heavy (non-hydrogen) atoms. The number of aromatic nitrogens is 2. The molecule has 1 heterocycles. The largest absolute Gasteiger partial charge is 0.496 e. The van der Waals surface area contributed by atoms with Crippen LogP contribution in [0.5, 0.6) is 5.75 Å². The fourth-order valence-corrected chi connectivity index (χ4v) is 3.47. The van der Waals surface area contributed by atoms with Crippen LogP contribution in [-0.4, -0.2) is 54.9 Å². The second-order valence-corrected chi connectivity index (χ2v) is 7.83. The highest BCUT2D eigenvalue weighted by atomic mass is 19.4. The number of likely N-dealkylation sites (N-methyl/N-ethyl adjacent to an activating group) is 2. The molecule has 3 aromatic rings. The maximum Gasteiger partial charge on any atom is 0.435 e. The third-order valence-electron chi connectivity index (χ3n) is 5.22. The van der Waals surface area contributed by atoms with Crippen LogP contribution in [0.3, 0.4) is 0 Å². The molecule has 0 saturated heterocycles. The maximum atomic E-state index is 13.4. The van der Waals surface area contributed by atoms with Gasteiger partial charge in [-0.3, -0.25) is 4.79 Å². The monoisotopic (exact) mass is 475 g/mol. The highest BCUT2D eigenvalue weighted by Crippen LogP contribution is 2.30. The van der Waals surface area contributed by atoms with Gasteiger partial charge in [-0.1, -0.05) is 30.3 Å². The molecule has 1 amide bonds. The molecule has 7 nitrogen and oxygen atoms in total. The lowest BCUT2D eigenvalue weighted by molar-refractivity contribution is -0.141. The van der Waals surface area contributed by atoms with Crippen LogP contribution in [0.1, 0.15) is 27.3 Å². The third kappa shape index (κ3) is 6.36. The molecular weight excluding hydrogens is 447 g/mol. The van der Waals surface area contributed by atoms with Gasteiger partial charge in [0.05, 0.1) is 12.8 Å². The van der Waals surface area contributed by atoms with Crippen LogP contribution in [0, 0.1) is 0 Å². The van der Waals surface area contributed by atoms with E-state index in [9.17, 15) is 18.0 Å². The van der Waals surface area contributed by atoms with Gasteiger partial charge < -0.3 is 20.3 Å². The number of ether oxygens (including phenoxy) is 1. The molecule has 182 valence electrons. The van der Waals surface area contributed by atoms with Crippen molar-refractivity contribution in [3.63, 3.8) is 0 Å². The van der Waals surface area contributed by atoms with Crippen molar-refractivity contribution >= 4 is 5.91 Å². The Morgan fingerprint density at radius 3 is 2.62 bits per heavy atom. The number of nitrogens with one attached hydrogen (secondary N) is 2. The minimum Gasteiger partial charge on any atom is -0.496 e. The van der Waals surface area contributed by atoms with Gasteiger partial charge in [-0.15, -0.1) is 0 Å². The molecule has 1 aromatic heterocycles. The Hall–Kier alpha value is -3.37. The molecule has 0 aliphatic rings. The van der Waals surface area contributed by atoms with Gasteiger partial charge in [-0.05, 0) is 37.9 Å². The first-order valence-corrected chi connectivity index (χ1v) is 10.7. The standard InChI is InChI=1S/C24H28F3N5O2/c1-28-11-12-31(2)16-17-7-6-9-19(13-17)32-20(14-22(30-32)24(25,26)27)23(33)29-15-18-8-4-5-10-21(18)34-3/h4-10,13-14,28H,11-12,15-16H2,1-3H3,(H,29,33). The van der Waals surface area contributed by atoms with Gasteiger partial charge in [-0.25, -0.2) is 4.68 Å². The summed E-state index contributed by atoms with van der Waals surface area (Å²) in [6.45, 7) is 2.29. The summed E-state index contributed by atoms with van der Waals surface area (Å²) < 4.78 is 46.6. The Kier molecular flexibility index (Phi) is 8.30. The van der Waals surface area contributed by atoms with E-state index < -0.39 is 17.8 Å². The lowest BCUT2D eigenvalue weighted by Gasteiger charge is -2.17. The second-order valence-electron chi connectivity index (χ2n) is 7.83. The van der Waals surface area contributed by atoms with Crippen LogP contribution in [-0.2, 0) is 19.3 Å². The Bertz CT molecular complexity index is 1110. The topological polar surface area (TPSA) is 71.4 Å². The minimum atomic E-state index is -4.69. The van der Waals surface area contributed by atoms with E-state index in [0.29, 0.717) is 23.5 Å². The molecule has 0 saturated carbocycles. The number of amides is 1. The van der Waals surface area contributed by atoms with Gasteiger partial charge in [-0.2, -0.15) is 18.3 Å². The minimum absolute atomic E-state index is 0.0890. The number of nitrogens with zero attached hydrogens (tertiary/aromatic N) is 3. The van der Waals surface area contributed by atoms with Crippen LogP contribution in [0.4, 0.5) is 13.2 Å². The predicted octanol–water partition coefficient (Wildman–Crippen LogP) is 3.48. The van der Waals surface area contributed by atoms with Gasteiger partial charge in [0.1, 0.15) is 11.4 Å². The Balaban J connectivity index is 1.88. The lowest BCUT2D eigenvalue weighted by atomic mass is 10.2. The molecule has 2 N–H and O–H groups in total. The van der Waals surface area contributed by atoms with E-state index in [1.165, 1.54) is 7.11 Å². The van der Waals surface area contributed by atoms with Crippen molar-refractivity contribution in [1.29, 1.82) is 0 Å². The van der Waals surface area contributed by atoms with Crippen molar-refractivity contribution < 1.29 is 22.7 Å². The van der Waals surface area contributed by atoms with Crippen LogP contribution >= 0.6 is 0 Å². The molecule has 0 unspecified atom stereocenters. The summed E-state index contributed by atoms with van der Waals surface area (Å²) in [6.07, 6.45) is -4.69. The maximum absolute atomic E-state index is 13.4. The van der Waals surface area contributed by atoms with Crippen LogP contribution in [0.2, 0.25) is 0 Å². The zero-order valence-corrected chi connectivity index (χ0v) is 19.3. The van der Waals surface area contributed by atoms with Crippen molar-refractivity contribution in [1.82, 2.24) is 25.3 Å². The van der Waals surface area contributed by atoms with Crippen molar-refractivity contribution in [2.24, 2.45) is 0 Å².